The predicted octanol–water partition coefficient (Wildman–Crippen LogP) is 1.97. The number of hydrazone groups is 1. The first-order valence-electron chi connectivity index (χ1n) is 7.91. The van der Waals surface area contributed by atoms with Gasteiger partial charge in [0.25, 0.3) is 0 Å². The first kappa shape index (κ1) is 16.0. The Bertz CT molecular complexity index is 683. The maximum atomic E-state index is 12.7. The van der Waals surface area contributed by atoms with Crippen LogP contribution in [0.3, 0.4) is 0 Å². The van der Waals surface area contributed by atoms with Gasteiger partial charge >= 0.3 is 0 Å². The second-order valence-corrected chi connectivity index (χ2v) is 7.67. The average Bonchev–Trinajstić information content (AvgIpc) is 3.11. The fraction of sp³-hybridized carbons (Fsp3) is 0.500. The maximum absolute atomic E-state index is 12.7. The molecule has 0 saturated heterocycles. The zero-order chi connectivity index (χ0) is 16.4. The molecule has 6 nitrogen and oxygen atoms in total. The van der Waals surface area contributed by atoms with Crippen molar-refractivity contribution in [2.75, 3.05) is 25.0 Å². The van der Waals surface area contributed by atoms with Crippen molar-refractivity contribution in [3.8, 4) is 0 Å². The summed E-state index contributed by atoms with van der Waals surface area (Å²) >= 11 is 0. The first-order valence-corrected chi connectivity index (χ1v) is 9.06. The van der Waals surface area contributed by atoms with Gasteiger partial charge < -0.3 is 5.32 Å². The molecule has 0 spiro atoms. The average molecular weight is 333 g/mol. The molecule has 2 heterocycles. The van der Waals surface area contributed by atoms with Crippen LogP contribution in [0.15, 0.2) is 33.2 Å². The largest absolute Gasteiger partial charge is 0.384 e. The Hall–Kier alpha value is -1.89. The van der Waals surface area contributed by atoms with Crippen LogP contribution in [-0.2, 0) is 17.4 Å². The molecule has 1 aromatic rings. The molecule has 0 amide bonds. The lowest BCUT2D eigenvalue weighted by Crippen LogP contribution is -2.40. The highest BCUT2D eigenvalue weighted by Gasteiger charge is 2.28. The van der Waals surface area contributed by atoms with Crippen LogP contribution in [-0.4, -0.2) is 41.0 Å². The Balaban J connectivity index is 1.74. The van der Waals surface area contributed by atoms with Crippen LogP contribution < -0.4 is 10.0 Å². The van der Waals surface area contributed by atoms with Gasteiger partial charge in [0, 0.05) is 30.4 Å². The van der Waals surface area contributed by atoms with Crippen molar-refractivity contribution < 1.29 is 4.21 Å². The van der Waals surface area contributed by atoms with E-state index >= 15 is 0 Å². The van der Waals surface area contributed by atoms with Crippen LogP contribution in [0.2, 0.25) is 0 Å². The van der Waals surface area contributed by atoms with Crippen molar-refractivity contribution >= 4 is 28.8 Å². The van der Waals surface area contributed by atoms with Crippen molar-refractivity contribution in [3.63, 3.8) is 0 Å². The third-order valence-electron chi connectivity index (χ3n) is 3.84. The van der Waals surface area contributed by atoms with E-state index in [9.17, 15) is 4.21 Å². The molecule has 2 aliphatic heterocycles. The van der Waals surface area contributed by atoms with Crippen molar-refractivity contribution in [2.24, 2.45) is 15.5 Å². The van der Waals surface area contributed by atoms with Crippen LogP contribution in [0, 0.1) is 5.41 Å². The van der Waals surface area contributed by atoms with Crippen LogP contribution in [0.5, 0.6) is 0 Å². The molecule has 0 saturated carbocycles. The van der Waals surface area contributed by atoms with Gasteiger partial charge in [-0.3, -0.25) is 9.71 Å². The highest BCUT2D eigenvalue weighted by atomic mass is 32.2. The molecule has 2 aliphatic rings. The van der Waals surface area contributed by atoms with E-state index in [0.717, 1.165) is 30.1 Å². The van der Waals surface area contributed by atoms with E-state index < -0.39 is 11.0 Å². The van der Waals surface area contributed by atoms with Gasteiger partial charge in [-0.05, 0) is 37.1 Å². The summed E-state index contributed by atoms with van der Waals surface area (Å²) in [6, 6.07) is 5.88. The van der Waals surface area contributed by atoms with E-state index in [1.807, 2.05) is 31.3 Å². The number of hydrogen-bond acceptors (Lipinski definition) is 4. The second kappa shape index (κ2) is 6.31. The fourth-order valence-corrected chi connectivity index (χ4v) is 3.57. The summed E-state index contributed by atoms with van der Waals surface area (Å²) in [5.74, 6) is 0.561. The zero-order valence-electron chi connectivity index (χ0n) is 13.8. The summed E-state index contributed by atoms with van der Waals surface area (Å²) in [7, 11) is -1.35. The Morgan fingerprint density at radius 1 is 1.52 bits per heavy atom. The minimum atomic E-state index is -1.35. The van der Waals surface area contributed by atoms with Gasteiger partial charge in [0.2, 0.25) is 5.96 Å². The molecule has 3 rings (SSSR count). The molecule has 0 aliphatic carbocycles. The second-order valence-electron chi connectivity index (χ2n) is 6.46. The molecule has 0 radical (unpaired) electrons. The number of nitrogens with one attached hydrogen (secondary N) is 2. The summed E-state index contributed by atoms with van der Waals surface area (Å²) < 4.78 is 15.7. The Kier molecular flexibility index (Phi) is 4.39. The maximum Gasteiger partial charge on any atom is 0.227 e. The molecule has 23 heavy (non-hydrogen) atoms. The molecular formula is C16H23N5OS. The third-order valence-corrected chi connectivity index (χ3v) is 4.89. The highest BCUT2D eigenvalue weighted by Crippen LogP contribution is 2.24. The van der Waals surface area contributed by atoms with E-state index in [2.05, 4.69) is 34.0 Å². The molecule has 124 valence electrons. The number of rotatable bonds is 3. The fourth-order valence-electron chi connectivity index (χ4n) is 2.68. The summed E-state index contributed by atoms with van der Waals surface area (Å²) in [6.07, 6.45) is 2.88. The van der Waals surface area contributed by atoms with Crippen LogP contribution in [0.4, 0.5) is 5.69 Å². The number of benzene rings is 1. The molecule has 2 N–H and O–H groups in total. The summed E-state index contributed by atoms with van der Waals surface area (Å²) in [5.41, 5.74) is 2.35. The van der Waals surface area contributed by atoms with Gasteiger partial charge in [-0.15, -0.1) is 0 Å². The number of anilines is 1. The lowest BCUT2D eigenvalue weighted by atomic mass is 9.97. The van der Waals surface area contributed by atoms with Crippen molar-refractivity contribution in [2.45, 2.75) is 32.1 Å². The van der Waals surface area contributed by atoms with E-state index in [1.54, 1.807) is 5.01 Å². The normalized spacial score (nSPS) is 20.3. The van der Waals surface area contributed by atoms with E-state index in [-0.39, 0.29) is 5.41 Å². The molecule has 1 unspecified atom stereocenters. The molecule has 0 fully saturated rings. The third kappa shape index (κ3) is 3.55. The monoisotopic (exact) mass is 333 g/mol. The SMILES string of the molecule is CCN=C(NS(=O)c1ccc2c(c1)CCN2)N1CC(C)(C)C=N1. The number of guanidine groups is 1. The number of nitrogens with zero attached hydrogens (tertiary/aromatic N) is 3. The minimum Gasteiger partial charge on any atom is -0.384 e. The lowest BCUT2D eigenvalue weighted by Gasteiger charge is -2.21. The molecule has 7 heteroatoms. The number of hydrogen-bond donors (Lipinski definition) is 2. The van der Waals surface area contributed by atoms with Crippen LogP contribution in [0.1, 0.15) is 26.3 Å². The smallest absolute Gasteiger partial charge is 0.227 e. The quantitative estimate of drug-likeness (QED) is 0.656. The van der Waals surface area contributed by atoms with Crippen molar-refractivity contribution in [1.29, 1.82) is 0 Å². The molecule has 0 bridgehead atoms. The van der Waals surface area contributed by atoms with E-state index in [1.165, 1.54) is 5.56 Å². The molecular weight excluding hydrogens is 310 g/mol. The predicted molar refractivity (Wildman–Crippen MR) is 95.1 cm³/mol. The number of fused-ring (bicyclic) bond motifs is 1. The highest BCUT2D eigenvalue weighted by molar-refractivity contribution is 7.83. The standard InChI is InChI=1S/C16H23N5OS/c1-4-17-15(21-11-16(2,3)10-19-21)20-23(22)13-5-6-14-12(9-13)7-8-18-14/h5-6,9-10,18H,4,7-8,11H2,1-3H3,(H,17,20). The molecule has 0 aromatic heterocycles. The Labute approximate surface area is 139 Å². The van der Waals surface area contributed by atoms with Gasteiger partial charge in [-0.2, -0.15) is 5.10 Å². The minimum absolute atomic E-state index is 0.00305. The lowest BCUT2D eigenvalue weighted by molar-refractivity contribution is 0.379. The topological polar surface area (TPSA) is 69.1 Å². The summed E-state index contributed by atoms with van der Waals surface area (Å²) in [4.78, 5) is 5.18. The molecule has 1 aromatic carbocycles. The Morgan fingerprint density at radius 2 is 2.35 bits per heavy atom. The van der Waals surface area contributed by atoms with Gasteiger partial charge in [-0.1, -0.05) is 13.8 Å². The summed E-state index contributed by atoms with van der Waals surface area (Å²) in [6.45, 7) is 8.47. The Morgan fingerprint density at radius 3 is 3.04 bits per heavy atom. The van der Waals surface area contributed by atoms with Crippen molar-refractivity contribution in [1.82, 2.24) is 9.73 Å². The molecule has 1 atom stereocenters. The summed E-state index contributed by atoms with van der Waals surface area (Å²) in [5, 5.41) is 9.48. The van der Waals surface area contributed by atoms with Gasteiger partial charge in [-0.25, -0.2) is 9.22 Å². The van der Waals surface area contributed by atoms with Gasteiger partial charge in [0.15, 0.2) is 11.0 Å². The van der Waals surface area contributed by atoms with Gasteiger partial charge in [0.05, 0.1) is 11.4 Å². The first-order chi connectivity index (χ1) is 11.0. The van der Waals surface area contributed by atoms with E-state index in [4.69, 9.17) is 0 Å². The van der Waals surface area contributed by atoms with E-state index in [0.29, 0.717) is 12.5 Å². The number of aliphatic imine (C=N–C) groups is 1. The van der Waals surface area contributed by atoms with Gasteiger partial charge in [0.1, 0.15) is 0 Å². The van der Waals surface area contributed by atoms with Crippen molar-refractivity contribution in [3.05, 3.63) is 23.8 Å². The van der Waals surface area contributed by atoms with Crippen LogP contribution in [0.25, 0.3) is 0 Å². The zero-order valence-corrected chi connectivity index (χ0v) is 14.6. The van der Waals surface area contributed by atoms with Crippen LogP contribution >= 0.6 is 0 Å².